The zero-order valence-corrected chi connectivity index (χ0v) is 18.9. The van der Waals surface area contributed by atoms with Crippen molar-refractivity contribution in [3.05, 3.63) is 54.5 Å². The monoisotopic (exact) mass is 439 g/mol. The Morgan fingerprint density at radius 2 is 1.87 bits per heavy atom. The summed E-state index contributed by atoms with van der Waals surface area (Å²) in [6.45, 7) is 8.32. The number of benzene rings is 1. The number of aromatic nitrogens is 3. The second-order valence-electron chi connectivity index (χ2n) is 7.82. The molecule has 1 amide bonds. The van der Waals surface area contributed by atoms with Crippen LogP contribution in [-0.4, -0.2) is 62.4 Å². The van der Waals surface area contributed by atoms with E-state index in [9.17, 15) is 4.79 Å². The number of nitrogens with zero attached hydrogens (tertiary/aromatic N) is 5. The van der Waals surface area contributed by atoms with Gasteiger partial charge in [-0.1, -0.05) is 49.0 Å². The van der Waals surface area contributed by atoms with E-state index in [2.05, 4.69) is 33.5 Å². The van der Waals surface area contributed by atoms with Crippen LogP contribution in [0.3, 0.4) is 0 Å². The maximum atomic E-state index is 12.8. The molecule has 2 aromatic heterocycles. The summed E-state index contributed by atoms with van der Waals surface area (Å²) >= 11 is 1.48. The summed E-state index contributed by atoms with van der Waals surface area (Å²) < 4.78 is 7.59. The summed E-state index contributed by atoms with van der Waals surface area (Å²) in [7, 11) is 0. The number of thioether (sulfide) groups is 1. The maximum Gasteiger partial charge on any atom is 0.233 e. The van der Waals surface area contributed by atoms with Gasteiger partial charge in [0.15, 0.2) is 11.0 Å². The number of hydrogen-bond donors (Lipinski definition) is 0. The molecule has 31 heavy (non-hydrogen) atoms. The van der Waals surface area contributed by atoms with E-state index in [1.165, 1.54) is 11.8 Å². The van der Waals surface area contributed by atoms with Crippen molar-refractivity contribution in [3.63, 3.8) is 0 Å². The van der Waals surface area contributed by atoms with Gasteiger partial charge in [-0.25, -0.2) is 0 Å². The van der Waals surface area contributed by atoms with Crippen molar-refractivity contribution < 1.29 is 9.21 Å². The fourth-order valence-corrected chi connectivity index (χ4v) is 4.67. The number of hydrogen-bond acceptors (Lipinski definition) is 6. The number of carbonyl (C=O) groups excluding carboxylic acids is 1. The largest absolute Gasteiger partial charge is 0.468 e. The minimum atomic E-state index is 0.155. The zero-order chi connectivity index (χ0) is 21.6. The minimum Gasteiger partial charge on any atom is -0.468 e. The number of amides is 1. The van der Waals surface area contributed by atoms with Crippen LogP contribution in [0.4, 0.5) is 0 Å². The van der Waals surface area contributed by atoms with Crippen LogP contribution in [0.25, 0.3) is 11.4 Å². The highest BCUT2D eigenvalue weighted by atomic mass is 32.2. The molecule has 0 spiro atoms. The summed E-state index contributed by atoms with van der Waals surface area (Å²) in [4.78, 5) is 17.1. The van der Waals surface area contributed by atoms with Crippen LogP contribution in [0.5, 0.6) is 0 Å². The van der Waals surface area contributed by atoms with E-state index >= 15 is 0 Å². The molecule has 1 unspecified atom stereocenters. The molecule has 1 saturated heterocycles. The van der Waals surface area contributed by atoms with Gasteiger partial charge in [-0.2, -0.15) is 0 Å². The third-order valence-corrected chi connectivity index (χ3v) is 6.67. The van der Waals surface area contributed by atoms with Gasteiger partial charge >= 0.3 is 0 Å². The Kier molecular flexibility index (Phi) is 7.09. The fourth-order valence-electron chi connectivity index (χ4n) is 3.74. The molecular formula is C23H29N5O2S. The Labute approximate surface area is 187 Å². The lowest BCUT2D eigenvalue weighted by atomic mass is 10.2. The first kappa shape index (κ1) is 21.6. The summed E-state index contributed by atoms with van der Waals surface area (Å²) in [6.07, 6.45) is 2.67. The molecule has 0 aliphatic carbocycles. The van der Waals surface area contributed by atoms with Gasteiger partial charge in [0.2, 0.25) is 5.91 Å². The standard InChI is InChI=1S/C23H29N5O2S/c1-3-18(2)28-22(19-8-5-4-6-9-19)24-25-23(28)31-17-21(29)27-13-11-26(12-14-27)16-20-10-7-15-30-20/h4-10,15,18H,3,11-14,16-17H2,1-2H3. The lowest BCUT2D eigenvalue weighted by molar-refractivity contribution is -0.130. The van der Waals surface area contributed by atoms with Crippen LogP contribution in [0.1, 0.15) is 32.1 Å². The lowest BCUT2D eigenvalue weighted by Crippen LogP contribution is -2.48. The molecule has 4 rings (SSSR count). The summed E-state index contributed by atoms with van der Waals surface area (Å²) in [6, 6.07) is 14.3. The highest BCUT2D eigenvalue weighted by molar-refractivity contribution is 7.99. The molecule has 164 valence electrons. The summed E-state index contributed by atoms with van der Waals surface area (Å²) in [5.41, 5.74) is 1.04. The first-order chi connectivity index (χ1) is 15.2. The number of furan rings is 1. The van der Waals surface area contributed by atoms with E-state index in [0.717, 1.165) is 61.4 Å². The Morgan fingerprint density at radius 1 is 1.10 bits per heavy atom. The lowest BCUT2D eigenvalue weighted by Gasteiger charge is -2.34. The highest BCUT2D eigenvalue weighted by Crippen LogP contribution is 2.29. The molecule has 1 aliphatic heterocycles. The molecule has 0 saturated carbocycles. The summed E-state index contributed by atoms with van der Waals surface area (Å²) in [5.74, 6) is 2.36. The van der Waals surface area contributed by atoms with Crippen LogP contribution >= 0.6 is 11.8 Å². The molecule has 0 radical (unpaired) electrons. The van der Waals surface area contributed by atoms with Crippen molar-refractivity contribution >= 4 is 17.7 Å². The third kappa shape index (κ3) is 5.19. The van der Waals surface area contributed by atoms with Gasteiger partial charge in [0, 0.05) is 37.8 Å². The molecule has 0 bridgehead atoms. The van der Waals surface area contributed by atoms with Crippen molar-refractivity contribution in [2.75, 3.05) is 31.9 Å². The van der Waals surface area contributed by atoms with Gasteiger partial charge < -0.3 is 9.32 Å². The van der Waals surface area contributed by atoms with Gasteiger partial charge in [0.25, 0.3) is 0 Å². The smallest absolute Gasteiger partial charge is 0.233 e. The molecule has 8 heteroatoms. The Morgan fingerprint density at radius 3 is 2.55 bits per heavy atom. The molecule has 0 N–H and O–H groups in total. The second kappa shape index (κ2) is 10.2. The predicted octanol–water partition coefficient (Wildman–Crippen LogP) is 3.95. The van der Waals surface area contributed by atoms with Gasteiger partial charge in [-0.3, -0.25) is 14.3 Å². The van der Waals surface area contributed by atoms with E-state index in [0.29, 0.717) is 5.75 Å². The van der Waals surface area contributed by atoms with Crippen molar-refractivity contribution in [2.45, 2.75) is 38.0 Å². The average molecular weight is 440 g/mol. The molecule has 7 nitrogen and oxygen atoms in total. The van der Waals surface area contributed by atoms with Crippen LogP contribution in [0, 0.1) is 0 Å². The number of rotatable bonds is 8. The van der Waals surface area contributed by atoms with E-state index in [1.54, 1.807) is 6.26 Å². The molecular weight excluding hydrogens is 410 g/mol. The Bertz CT molecular complexity index is 965. The first-order valence-corrected chi connectivity index (χ1v) is 11.8. The second-order valence-corrected chi connectivity index (χ2v) is 8.77. The van der Waals surface area contributed by atoms with Gasteiger partial charge in [-0.15, -0.1) is 10.2 Å². The molecule has 3 heterocycles. The minimum absolute atomic E-state index is 0.155. The van der Waals surface area contributed by atoms with E-state index in [1.807, 2.05) is 47.4 Å². The summed E-state index contributed by atoms with van der Waals surface area (Å²) in [5, 5.41) is 9.67. The van der Waals surface area contributed by atoms with Crippen LogP contribution in [0.2, 0.25) is 0 Å². The van der Waals surface area contributed by atoms with E-state index < -0.39 is 0 Å². The first-order valence-electron chi connectivity index (χ1n) is 10.8. The third-order valence-electron chi connectivity index (χ3n) is 5.74. The molecule has 1 aliphatic rings. The van der Waals surface area contributed by atoms with Crippen molar-refractivity contribution in [1.29, 1.82) is 0 Å². The van der Waals surface area contributed by atoms with Gasteiger partial charge in [0.05, 0.1) is 18.6 Å². The SMILES string of the molecule is CCC(C)n1c(SCC(=O)N2CCN(Cc3ccco3)CC2)nnc1-c1ccccc1. The van der Waals surface area contributed by atoms with Crippen LogP contribution in [0.15, 0.2) is 58.3 Å². The van der Waals surface area contributed by atoms with Crippen LogP contribution in [-0.2, 0) is 11.3 Å². The van der Waals surface area contributed by atoms with Crippen LogP contribution < -0.4 is 0 Å². The predicted molar refractivity (Wildman–Crippen MR) is 122 cm³/mol. The van der Waals surface area contributed by atoms with Crippen molar-refractivity contribution in [1.82, 2.24) is 24.6 Å². The molecule has 1 fully saturated rings. The molecule has 1 aromatic carbocycles. The molecule has 1 atom stereocenters. The van der Waals surface area contributed by atoms with E-state index in [-0.39, 0.29) is 11.9 Å². The number of piperazine rings is 1. The van der Waals surface area contributed by atoms with Crippen molar-refractivity contribution in [3.8, 4) is 11.4 Å². The molecule has 3 aromatic rings. The topological polar surface area (TPSA) is 67.4 Å². The van der Waals surface area contributed by atoms with Gasteiger partial charge in [0.1, 0.15) is 5.76 Å². The Balaban J connectivity index is 1.36. The zero-order valence-electron chi connectivity index (χ0n) is 18.1. The average Bonchev–Trinajstić information content (AvgIpc) is 3.48. The maximum absolute atomic E-state index is 12.8. The Hall–Kier alpha value is -2.58. The van der Waals surface area contributed by atoms with Crippen molar-refractivity contribution in [2.24, 2.45) is 0 Å². The number of carbonyl (C=O) groups is 1. The highest BCUT2D eigenvalue weighted by Gasteiger charge is 2.24. The normalized spacial score (nSPS) is 15.9. The van der Waals surface area contributed by atoms with Gasteiger partial charge in [-0.05, 0) is 25.5 Å². The van der Waals surface area contributed by atoms with E-state index in [4.69, 9.17) is 4.42 Å². The quantitative estimate of drug-likeness (QED) is 0.495. The fraction of sp³-hybridized carbons (Fsp3) is 0.435.